The molecule has 0 atom stereocenters. The first-order valence-electron chi connectivity index (χ1n) is 5.95. The highest BCUT2D eigenvalue weighted by Crippen LogP contribution is 2.15. The first kappa shape index (κ1) is 12.0. The van der Waals surface area contributed by atoms with E-state index in [1.165, 1.54) is 0 Å². The Hall–Kier alpha value is -1.42. The number of anilines is 1. The summed E-state index contributed by atoms with van der Waals surface area (Å²) in [6.45, 7) is 7.68. The Bertz CT molecular complexity index is 373. The lowest BCUT2D eigenvalue weighted by molar-refractivity contribution is 0.235. The van der Waals surface area contributed by atoms with Gasteiger partial charge in [0, 0.05) is 38.9 Å². The van der Waals surface area contributed by atoms with Crippen LogP contribution in [0.25, 0.3) is 6.08 Å². The molecule has 0 radical (unpaired) electrons. The van der Waals surface area contributed by atoms with Crippen molar-refractivity contribution in [3.8, 4) is 0 Å². The molecule has 0 unspecified atom stereocenters. The Morgan fingerprint density at radius 1 is 1.35 bits per heavy atom. The van der Waals surface area contributed by atoms with Crippen LogP contribution in [0.15, 0.2) is 24.9 Å². The molecule has 17 heavy (non-hydrogen) atoms. The number of piperazine rings is 1. The van der Waals surface area contributed by atoms with Gasteiger partial charge in [-0.2, -0.15) is 0 Å². The number of rotatable bonds is 4. The molecule has 2 rings (SSSR count). The third-order valence-corrected chi connectivity index (χ3v) is 3.10. The zero-order valence-corrected chi connectivity index (χ0v) is 9.98. The molecule has 0 spiro atoms. The fourth-order valence-electron chi connectivity index (χ4n) is 2.05. The minimum absolute atomic E-state index is 0.260. The molecular formula is C13H18FN3. The van der Waals surface area contributed by atoms with Crippen molar-refractivity contribution >= 4 is 11.9 Å². The number of halogens is 1. The average molecular weight is 235 g/mol. The van der Waals surface area contributed by atoms with Gasteiger partial charge in [0.05, 0.1) is 0 Å². The van der Waals surface area contributed by atoms with E-state index in [0.29, 0.717) is 6.54 Å². The Morgan fingerprint density at radius 3 is 2.76 bits per heavy atom. The monoisotopic (exact) mass is 235 g/mol. The lowest BCUT2D eigenvalue weighted by Gasteiger charge is -2.34. The van der Waals surface area contributed by atoms with Crippen LogP contribution in [0.3, 0.4) is 0 Å². The molecule has 0 aliphatic carbocycles. The van der Waals surface area contributed by atoms with Crippen molar-refractivity contribution in [2.24, 2.45) is 0 Å². The maximum atomic E-state index is 12.2. The van der Waals surface area contributed by atoms with E-state index in [0.717, 1.165) is 37.6 Å². The van der Waals surface area contributed by atoms with Crippen LogP contribution in [0.2, 0.25) is 0 Å². The maximum Gasteiger partial charge on any atom is 0.129 e. The van der Waals surface area contributed by atoms with Crippen molar-refractivity contribution < 1.29 is 4.39 Å². The number of hydrogen-bond donors (Lipinski definition) is 0. The van der Waals surface area contributed by atoms with Gasteiger partial charge in [-0.3, -0.25) is 4.90 Å². The quantitative estimate of drug-likeness (QED) is 0.793. The molecule has 1 aliphatic heterocycles. The molecule has 0 N–H and O–H groups in total. The maximum absolute atomic E-state index is 12.2. The van der Waals surface area contributed by atoms with E-state index in [4.69, 9.17) is 0 Å². The SMILES string of the molecule is C=Cc1ccnc(N2CCN(CCF)CC2)c1. The van der Waals surface area contributed by atoms with Crippen molar-refractivity contribution in [3.05, 3.63) is 30.5 Å². The second-order valence-corrected chi connectivity index (χ2v) is 4.17. The molecule has 0 saturated carbocycles. The summed E-state index contributed by atoms with van der Waals surface area (Å²) in [7, 11) is 0. The largest absolute Gasteiger partial charge is 0.354 e. The van der Waals surface area contributed by atoms with E-state index in [9.17, 15) is 4.39 Å². The number of aromatic nitrogens is 1. The van der Waals surface area contributed by atoms with Crippen LogP contribution < -0.4 is 4.90 Å². The van der Waals surface area contributed by atoms with Gasteiger partial charge in [-0.25, -0.2) is 9.37 Å². The lowest BCUT2D eigenvalue weighted by atomic mass is 10.2. The molecule has 1 aromatic heterocycles. The van der Waals surface area contributed by atoms with Crippen LogP contribution in [0.5, 0.6) is 0 Å². The summed E-state index contributed by atoms with van der Waals surface area (Å²) in [4.78, 5) is 8.75. The van der Waals surface area contributed by atoms with Gasteiger partial charge in [0.1, 0.15) is 12.5 Å². The Kier molecular flexibility index (Phi) is 4.09. The molecule has 2 heterocycles. The molecule has 1 aromatic rings. The standard InChI is InChI=1S/C13H18FN3/c1-2-12-3-5-15-13(11-12)17-9-7-16(6-4-14)8-10-17/h2-3,5,11H,1,4,6-10H2. The van der Waals surface area contributed by atoms with Crippen LogP contribution in [0, 0.1) is 0 Å². The molecule has 3 nitrogen and oxygen atoms in total. The lowest BCUT2D eigenvalue weighted by Crippen LogP contribution is -2.47. The topological polar surface area (TPSA) is 19.4 Å². The number of pyridine rings is 1. The third kappa shape index (κ3) is 3.03. The van der Waals surface area contributed by atoms with E-state index in [1.54, 1.807) is 6.20 Å². The van der Waals surface area contributed by atoms with Gasteiger partial charge in [-0.1, -0.05) is 12.7 Å². The first-order chi connectivity index (χ1) is 8.33. The Morgan fingerprint density at radius 2 is 2.12 bits per heavy atom. The van der Waals surface area contributed by atoms with Crippen molar-refractivity contribution in [3.63, 3.8) is 0 Å². The number of nitrogens with zero attached hydrogens (tertiary/aromatic N) is 3. The number of alkyl halides is 1. The summed E-state index contributed by atoms with van der Waals surface area (Å²) in [5.41, 5.74) is 1.08. The van der Waals surface area contributed by atoms with E-state index in [1.807, 2.05) is 18.2 Å². The van der Waals surface area contributed by atoms with Crippen molar-refractivity contribution in [1.29, 1.82) is 0 Å². The first-order valence-corrected chi connectivity index (χ1v) is 5.95. The minimum Gasteiger partial charge on any atom is -0.354 e. The summed E-state index contributed by atoms with van der Waals surface area (Å²) >= 11 is 0. The molecule has 0 aromatic carbocycles. The van der Waals surface area contributed by atoms with Gasteiger partial charge >= 0.3 is 0 Å². The average Bonchev–Trinajstić information content (AvgIpc) is 2.40. The van der Waals surface area contributed by atoms with E-state index in [2.05, 4.69) is 21.4 Å². The molecule has 0 amide bonds. The third-order valence-electron chi connectivity index (χ3n) is 3.10. The minimum atomic E-state index is -0.260. The van der Waals surface area contributed by atoms with Gasteiger partial charge in [0.2, 0.25) is 0 Å². The summed E-state index contributed by atoms with van der Waals surface area (Å²) < 4.78 is 12.2. The predicted octanol–water partition coefficient (Wildman–Crippen LogP) is 1.82. The predicted molar refractivity (Wildman–Crippen MR) is 69.0 cm³/mol. The molecule has 0 bridgehead atoms. The zero-order chi connectivity index (χ0) is 12.1. The second-order valence-electron chi connectivity index (χ2n) is 4.17. The fraction of sp³-hybridized carbons (Fsp3) is 0.462. The normalized spacial score (nSPS) is 17.1. The zero-order valence-electron chi connectivity index (χ0n) is 9.98. The number of hydrogen-bond acceptors (Lipinski definition) is 3. The smallest absolute Gasteiger partial charge is 0.129 e. The van der Waals surface area contributed by atoms with Crippen molar-refractivity contribution in [2.45, 2.75) is 0 Å². The van der Waals surface area contributed by atoms with Crippen LogP contribution in [0.4, 0.5) is 10.2 Å². The summed E-state index contributed by atoms with van der Waals surface area (Å²) in [6, 6.07) is 3.98. The highest BCUT2D eigenvalue weighted by Gasteiger charge is 2.17. The summed E-state index contributed by atoms with van der Waals surface area (Å²) in [5.74, 6) is 0.988. The van der Waals surface area contributed by atoms with Gasteiger partial charge in [-0.15, -0.1) is 0 Å². The highest BCUT2D eigenvalue weighted by molar-refractivity contribution is 5.53. The molecule has 92 valence electrons. The van der Waals surface area contributed by atoms with Crippen molar-refractivity contribution in [2.75, 3.05) is 44.3 Å². The van der Waals surface area contributed by atoms with E-state index < -0.39 is 0 Å². The molecule has 4 heteroatoms. The van der Waals surface area contributed by atoms with Crippen LogP contribution in [-0.4, -0.2) is 49.3 Å². The fourth-order valence-corrected chi connectivity index (χ4v) is 2.05. The molecular weight excluding hydrogens is 217 g/mol. The Labute approximate surface area is 102 Å². The second kappa shape index (κ2) is 5.77. The van der Waals surface area contributed by atoms with Crippen LogP contribution >= 0.6 is 0 Å². The molecule has 1 saturated heterocycles. The van der Waals surface area contributed by atoms with Gasteiger partial charge in [-0.05, 0) is 17.7 Å². The van der Waals surface area contributed by atoms with Gasteiger partial charge < -0.3 is 4.90 Å². The van der Waals surface area contributed by atoms with Crippen LogP contribution in [-0.2, 0) is 0 Å². The Balaban J connectivity index is 1.97. The summed E-state index contributed by atoms with van der Waals surface area (Å²) in [6.07, 6.45) is 3.63. The van der Waals surface area contributed by atoms with Crippen molar-refractivity contribution in [1.82, 2.24) is 9.88 Å². The summed E-state index contributed by atoms with van der Waals surface area (Å²) in [5, 5.41) is 0. The van der Waals surface area contributed by atoms with Gasteiger partial charge in [0.25, 0.3) is 0 Å². The van der Waals surface area contributed by atoms with E-state index >= 15 is 0 Å². The molecule has 1 fully saturated rings. The highest BCUT2D eigenvalue weighted by atomic mass is 19.1. The molecule has 1 aliphatic rings. The van der Waals surface area contributed by atoms with E-state index in [-0.39, 0.29) is 6.67 Å². The van der Waals surface area contributed by atoms with Crippen LogP contribution in [0.1, 0.15) is 5.56 Å². The van der Waals surface area contributed by atoms with Gasteiger partial charge in [0.15, 0.2) is 0 Å².